The number of para-hydroxylation sites is 1. The quantitative estimate of drug-likeness (QED) is 0.899. The van der Waals surface area contributed by atoms with Gasteiger partial charge >= 0.3 is 0 Å². The molecule has 1 aromatic carbocycles. The van der Waals surface area contributed by atoms with Crippen LogP contribution >= 0.6 is 0 Å². The number of benzene rings is 1. The van der Waals surface area contributed by atoms with Gasteiger partial charge < -0.3 is 19.7 Å². The molecule has 1 aromatic rings. The summed E-state index contributed by atoms with van der Waals surface area (Å²) < 4.78 is 10.5. The number of hydrogen-bond donors (Lipinski definition) is 1. The van der Waals surface area contributed by atoms with Gasteiger partial charge in [0.25, 0.3) is 5.91 Å². The van der Waals surface area contributed by atoms with Crippen LogP contribution in [0, 0.1) is 5.92 Å². The van der Waals surface area contributed by atoms with E-state index in [1.54, 1.807) is 32.4 Å². The number of rotatable bonds is 5. The summed E-state index contributed by atoms with van der Waals surface area (Å²) >= 11 is 0. The van der Waals surface area contributed by atoms with Crippen LogP contribution in [0.3, 0.4) is 0 Å². The molecule has 1 heterocycles. The summed E-state index contributed by atoms with van der Waals surface area (Å²) in [6.07, 6.45) is 2.26. The number of ether oxygens (including phenoxy) is 2. The van der Waals surface area contributed by atoms with Gasteiger partial charge in [0.1, 0.15) is 0 Å². The molecule has 0 bridgehead atoms. The van der Waals surface area contributed by atoms with Crippen LogP contribution in [-0.4, -0.2) is 51.7 Å². The van der Waals surface area contributed by atoms with Crippen molar-refractivity contribution >= 4 is 5.91 Å². The minimum atomic E-state index is -0.107. The predicted octanol–water partition coefficient (Wildman–Crippen LogP) is 1.78. The maximum Gasteiger partial charge on any atom is 0.255 e. The highest BCUT2D eigenvalue weighted by atomic mass is 16.5. The number of carbonyl (C=O) groups is 1. The molecule has 1 amide bonds. The van der Waals surface area contributed by atoms with E-state index in [0.29, 0.717) is 29.5 Å². The van der Waals surface area contributed by atoms with E-state index in [2.05, 4.69) is 17.3 Å². The lowest BCUT2D eigenvalue weighted by Gasteiger charge is -2.29. The second-order valence-electron chi connectivity index (χ2n) is 5.50. The van der Waals surface area contributed by atoms with Crippen LogP contribution in [0.1, 0.15) is 23.2 Å². The number of likely N-dealkylation sites (tertiary alicyclic amines) is 1. The molecule has 0 radical (unpaired) electrons. The Morgan fingerprint density at radius 1 is 1.29 bits per heavy atom. The molecule has 0 atom stereocenters. The lowest BCUT2D eigenvalue weighted by Crippen LogP contribution is -2.37. The van der Waals surface area contributed by atoms with E-state index in [9.17, 15) is 4.79 Å². The van der Waals surface area contributed by atoms with Gasteiger partial charge in [-0.25, -0.2) is 0 Å². The van der Waals surface area contributed by atoms with Crippen molar-refractivity contribution in [3.8, 4) is 11.5 Å². The Kier molecular flexibility index (Phi) is 5.44. The fourth-order valence-corrected chi connectivity index (χ4v) is 2.66. The van der Waals surface area contributed by atoms with Crippen molar-refractivity contribution < 1.29 is 14.3 Å². The molecule has 0 aromatic heterocycles. The molecule has 1 N–H and O–H groups in total. The summed E-state index contributed by atoms with van der Waals surface area (Å²) in [5.74, 6) is 1.51. The SMILES string of the molecule is COc1cccc(C(=O)NCC2CCN(C)CC2)c1OC. The summed E-state index contributed by atoms with van der Waals surface area (Å²) in [4.78, 5) is 14.7. The van der Waals surface area contributed by atoms with Crippen LogP contribution in [0.4, 0.5) is 0 Å². The monoisotopic (exact) mass is 292 g/mol. The van der Waals surface area contributed by atoms with Gasteiger partial charge in [0.2, 0.25) is 0 Å². The molecule has 5 nitrogen and oxygen atoms in total. The van der Waals surface area contributed by atoms with Crippen LogP contribution in [0.15, 0.2) is 18.2 Å². The third-order valence-electron chi connectivity index (χ3n) is 4.04. The smallest absolute Gasteiger partial charge is 0.255 e. The average Bonchev–Trinajstić information content (AvgIpc) is 2.53. The van der Waals surface area contributed by atoms with Crippen molar-refractivity contribution in [2.45, 2.75) is 12.8 Å². The van der Waals surface area contributed by atoms with Crippen LogP contribution < -0.4 is 14.8 Å². The molecule has 0 saturated carbocycles. The zero-order valence-electron chi connectivity index (χ0n) is 13.0. The van der Waals surface area contributed by atoms with E-state index in [0.717, 1.165) is 25.9 Å². The van der Waals surface area contributed by atoms with Crippen molar-refractivity contribution in [1.82, 2.24) is 10.2 Å². The zero-order chi connectivity index (χ0) is 15.2. The largest absolute Gasteiger partial charge is 0.493 e. The first kappa shape index (κ1) is 15.6. The molecule has 0 unspecified atom stereocenters. The third-order valence-corrected chi connectivity index (χ3v) is 4.04. The summed E-state index contributed by atoms with van der Waals surface area (Å²) in [5, 5.41) is 3.02. The highest BCUT2D eigenvalue weighted by molar-refractivity contribution is 5.97. The number of piperidine rings is 1. The fourth-order valence-electron chi connectivity index (χ4n) is 2.66. The van der Waals surface area contributed by atoms with Crippen molar-refractivity contribution in [2.75, 3.05) is 40.9 Å². The Hall–Kier alpha value is -1.75. The van der Waals surface area contributed by atoms with Gasteiger partial charge in [-0.1, -0.05) is 6.07 Å². The number of amides is 1. The van der Waals surface area contributed by atoms with E-state index in [-0.39, 0.29) is 5.91 Å². The standard InChI is InChI=1S/C16H24N2O3/c1-18-9-7-12(8-10-18)11-17-16(19)13-5-4-6-14(20-2)15(13)21-3/h4-6,12H,7-11H2,1-3H3,(H,17,19). The van der Waals surface area contributed by atoms with Crippen molar-refractivity contribution in [3.05, 3.63) is 23.8 Å². The van der Waals surface area contributed by atoms with Gasteiger partial charge in [0.05, 0.1) is 19.8 Å². The van der Waals surface area contributed by atoms with E-state index >= 15 is 0 Å². The second-order valence-corrected chi connectivity index (χ2v) is 5.50. The van der Waals surface area contributed by atoms with Crippen molar-refractivity contribution in [2.24, 2.45) is 5.92 Å². The Morgan fingerprint density at radius 2 is 2.00 bits per heavy atom. The molecular weight excluding hydrogens is 268 g/mol. The molecule has 0 aliphatic carbocycles. The molecule has 116 valence electrons. The highest BCUT2D eigenvalue weighted by Crippen LogP contribution is 2.30. The van der Waals surface area contributed by atoms with Crippen LogP contribution in [0.5, 0.6) is 11.5 Å². The molecule has 2 rings (SSSR count). The van der Waals surface area contributed by atoms with E-state index in [1.165, 1.54) is 0 Å². The normalized spacial score (nSPS) is 16.5. The third kappa shape index (κ3) is 3.88. The fraction of sp³-hybridized carbons (Fsp3) is 0.562. The maximum absolute atomic E-state index is 12.3. The Labute approximate surface area is 126 Å². The van der Waals surface area contributed by atoms with Gasteiger partial charge in [0.15, 0.2) is 11.5 Å². The maximum atomic E-state index is 12.3. The molecule has 1 fully saturated rings. The van der Waals surface area contributed by atoms with Crippen LogP contribution in [0.2, 0.25) is 0 Å². The highest BCUT2D eigenvalue weighted by Gasteiger charge is 2.20. The first-order valence-electron chi connectivity index (χ1n) is 7.33. The number of carbonyl (C=O) groups excluding carboxylic acids is 1. The Bertz CT molecular complexity index is 482. The number of nitrogens with one attached hydrogen (secondary N) is 1. The Morgan fingerprint density at radius 3 is 2.62 bits per heavy atom. The minimum absolute atomic E-state index is 0.107. The molecule has 5 heteroatoms. The van der Waals surface area contributed by atoms with Gasteiger partial charge in [0, 0.05) is 6.54 Å². The zero-order valence-corrected chi connectivity index (χ0v) is 13.0. The number of nitrogens with zero attached hydrogens (tertiary/aromatic N) is 1. The first-order chi connectivity index (χ1) is 10.2. The molecule has 1 saturated heterocycles. The van der Waals surface area contributed by atoms with Gasteiger partial charge in [-0.3, -0.25) is 4.79 Å². The molecule has 21 heavy (non-hydrogen) atoms. The molecule has 1 aliphatic rings. The van der Waals surface area contributed by atoms with E-state index in [1.807, 2.05) is 0 Å². The van der Waals surface area contributed by atoms with Crippen LogP contribution in [0.25, 0.3) is 0 Å². The number of methoxy groups -OCH3 is 2. The van der Waals surface area contributed by atoms with E-state index in [4.69, 9.17) is 9.47 Å². The van der Waals surface area contributed by atoms with Gasteiger partial charge in [-0.15, -0.1) is 0 Å². The van der Waals surface area contributed by atoms with E-state index < -0.39 is 0 Å². The predicted molar refractivity (Wildman–Crippen MR) is 82.1 cm³/mol. The summed E-state index contributed by atoms with van der Waals surface area (Å²) in [6.45, 7) is 2.92. The van der Waals surface area contributed by atoms with Crippen molar-refractivity contribution in [1.29, 1.82) is 0 Å². The molecular formula is C16H24N2O3. The number of hydrogen-bond acceptors (Lipinski definition) is 4. The second kappa shape index (κ2) is 7.31. The summed E-state index contributed by atoms with van der Waals surface area (Å²) in [5.41, 5.74) is 0.518. The van der Waals surface area contributed by atoms with Gasteiger partial charge in [-0.05, 0) is 51.0 Å². The summed E-state index contributed by atoms with van der Waals surface area (Å²) in [7, 11) is 5.25. The van der Waals surface area contributed by atoms with Crippen LogP contribution in [-0.2, 0) is 0 Å². The minimum Gasteiger partial charge on any atom is -0.493 e. The molecule has 1 aliphatic heterocycles. The molecule has 0 spiro atoms. The topological polar surface area (TPSA) is 50.8 Å². The average molecular weight is 292 g/mol. The van der Waals surface area contributed by atoms with Crippen molar-refractivity contribution in [3.63, 3.8) is 0 Å². The Balaban J connectivity index is 1.97. The summed E-state index contributed by atoms with van der Waals surface area (Å²) in [6, 6.07) is 5.34. The van der Waals surface area contributed by atoms with Gasteiger partial charge in [-0.2, -0.15) is 0 Å². The lowest BCUT2D eigenvalue weighted by molar-refractivity contribution is 0.0935. The first-order valence-corrected chi connectivity index (χ1v) is 7.33. The lowest BCUT2D eigenvalue weighted by atomic mass is 9.97.